The molecule has 0 saturated carbocycles. The minimum Gasteiger partial charge on any atom is -0.463 e. The molecule has 0 spiro atoms. The Bertz CT molecular complexity index is 1590. The Morgan fingerprint density at radius 3 is 1.91 bits per heavy atom. The van der Waals surface area contributed by atoms with E-state index in [4.69, 9.17) is 38.6 Å². The molecule has 0 N–H and O–H groups in total. The molecule has 5 atom stereocenters. The van der Waals surface area contributed by atoms with Crippen molar-refractivity contribution in [2.75, 3.05) is 6.61 Å². The molecule has 0 bridgehead atoms. The highest BCUT2D eigenvalue weighted by Crippen LogP contribution is 2.40. The molecule has 1 aliphatic heterocycles. The van der Waals surface area contributed by atoms with Gasteiger partial charge in [0, 0.05) is 62.9 Å². The summed E-state index contributed by atoms with van der Waals surface area (Å²) in [6.07, 6.45) is -10.1. The molecule has 2 aromatic carbocycles. The smallest absolute Gasteiger partial charge is 0.463 e. The Balaban J connectivity index is 2.09. The summed E-state index contributed by atoms with van der Waals surface area (Å²) in [7, 11) is 0. The normalized spacial score (nSPS) is 21.5. The molecular formula is C28H28N2O16. The summed E-state index contributed by atoms with van der Waals surface area (Å²) in [4.78, 5) is 82.6. The number of non-ortho nitro benzene ring substituents is 2. The number of carbonyl (C=O) groups is 5. The SMILES string of the molecule is [2H]CC(=O)OC[C@H]1OC(c2ccc([N+](=O)[O-])cc2COC(=O)Oc2ccc([N+](=O)[O-])cc2)[C@H](OC(=O)C[2H])[C@@H](OC(=O)C[2H])[C@H]1OC(=O)C[2H]. The summed E-state index contributed by atoms with van der Waals surface area (Å²) in [6, 6.07) is 7.37. The first-order valence-corrected chi connectivity index (χ1v) is 12.7. The maximum atomic E-state index is 12.5. The zero-order valence-corrected chi connectivity index (χ0v) is 23.6. The third-order valence-corrected chi connectivity index (χ3v) is 6.08. The molecular weight excluding hydrogens is 620 g/mol. The van der Waals surface area contributed by atoms with Gasteiger partial charge in [-0.2, -0.15) is 0 Å². The van der Waals surface area contributed by atoms with Gasteiger partial charge in [-0.05, 0) is 23.8 Å². The summed E-state index contributed by atoms with van der Waals surface area (Å²) >= 11 is 0. The molecule has 18 nitrogen and oxygen atoms in total. The van der Waals surface area contributed by atoms with Crippen LogP contribution < -0.4 is 4.74 Å². The van der Waals surface area contributed by atoms with Crippen molar-refractivity contribution < 1.29 is 72.5 Å². The van der Waals surface area contributed by atoms with Crippen molar-refractivity contribution in [3.05, 3.63) is 73.8 Å². The van der Waals surface area contributed by atoms with Crippen LogP contribution in [-0.2, 0) is 54.2 Å². The lowest BCUT2D eigenvalue weighted by molar-refractivity contribution is -0.385. The van der Waals surface area contributed by atoms with Gasteiger partial charge in [0.2, 0.25) is 0 Å². The molecule has 1 aliphatic rings. The van der Waals surface area contributed by atoms with Crippen LogP contribution in [0.25, 0.3) is 0 Å². The van der Waals surface area contributed by atoms with E-state index in [1.54, 1.807) is 0 Å². The first kappa shape index (κ1) is 29.1. The Morgan fingerprint density at radius 2 is 1.33 bits per heavy atom. The van der Waals surface area contributed by atoms with Crippen LogP contribution in [0.1, 0.15) is 50.3 Å². The van der Waals surface area contributed by atoms with Crippen LogP contribution in [0.5, 0.6) is 5.75 Å². The third kappa shape index (κ3) is 9.42. The predicted molar refractivity (Wildman–Crippen MR) is 148 cm³/mol. The second-order valence-electron chi connectivity index (χ2n) is 9.17. The van der Waals surface area contributed by atoms with Gasteiger partial charge in [0.05, 0.1) is 9.85 Å². The van der Waals surface area contributed by atoms with Gasteiger partial charge < -0.3 is 33.2 Å². The van der Waals surface area contributed by atoms with Crippen molar-refractivity contribution >= 4 is 41.4 Å². The van der Waals surface area contributed by atoms with Gasteiger partial charge in [0.25, 0.3) is 11.4 Å². The van der Waals surface area contributed by atoms with Crippen LogP contribution in [0.2, 0.25) is 0 Å². The van der Waals surface area contributed by atoms with Crippen molar-refractivity contribution in [3.8, 4) is 5.75 Å². The summed E-state index contributed by atoms with van der Waals surface area (Å²) in [5.74, 6) is -4.85. The number of nitro groups is 2. The Kier molecular flexibility index (Phi) is 9.72. The van der Waals surface area contributed by atoms with Gasteiger partial charge in [-0.25, -0.2) is 4.79 Å². The fourth-order valence-corrected chi connectivity index (χ4v) is 4.34. The van der Waals surface area contributed by atoms with E-state index < -0.39 is 117 Å². The highest BCUT2D eigenvalue weighted by molar-refractivity contribution is 5.69. The number of esters is 4. The van der Waals surface area contributed by atoms with Crippen molar-refractivity contribution in [1.82, 2.24) is 0 Å². The molecule has 1 unspecified atom stereocenters. The van der Waals surface area contributed by atoms with Crippen LogP contribution in [0.15, 0.2) is 42.5 Å². The fraction of sp³-hybridized carbons (Fsp3) is 0.393. The second kappa shape index (κ2) is 15.4. The van der Waals surface area contributed by atoms with E-state index in [0.717, 1.165) is 42.5 Å². The van der Waals surface area contributed by atoms with E-state index in [2.05, 4.69) is 0 Å². The average Bonchev–Trinajstić information content (AvgIpc) is 3.11. The monoisotopic (exact) mass is 652 g/mol. The molecule has 1 heterocycles. The van der Waals surface area contributed by atoms with Crippen LogP contribution in [0.4, 0.5) is 16.2 Å². The van der Waals surface area contributed by atoms with Crippen LogP contribution in [0, 0.1) is 20.2 Å². The number of carbonyl (C=O) groups excluding carboxylic acids is 5. The zero-order valence-electron chi connectivity index (χ0n) is 27.6. The maximum absolute atomic E-state index is 12.5. The van der Waals surface area contributed by atoms with Crippen LogP contribution >= 0.6 is 0 Å². The van der Waals surface area contributed by atoms with E-state index in [9.17, 15) is 44.2 Å². The molecule has 246 valence electrons. The molecule has 1 fully saturated rings. The van der Waals surface area contributed by atoms with Gasteiger partial charge in [0.15, 0.2) is 18.3 Å². The molecule has 18 heteroatoms. The minimum atomic E-state index is -1.85. The number of hydrogen-bond donors (Lipinski definition) is 0. The first-order chi connectivity index (χ1) is 23.8. The molecule has 0 radical (unpaired) electrons. The van der Waals surface area contributed by atoms with Crippen molar-refractivity contribution in [2.45, 2.75) is 64.7 Å². The van der Waals surface area contributed by atoms with E-state index in [0.29, 0.717) is 0 Å². The zero-order chi connectivity index (χ0) is 37.0. The topological polar surface area (TPSA) is 236 Å². The number of rotatable bonds is 11. The van der Waals surface area contributed by atoms with Gasteiger partial charge in [0.1, 0.15) is 31.2 Å². The average molecular weight is 653 g/mol. The minimum absolute atomic E-state index is 0.115. The van der Waals surface area contributed by atoms with E-state index in [1.807, 2.05) is 0 Å². The second-order valence-corrected chi connectivity index (χ2v) is 9.17. The van der Waals surface area contributed by atoms with Gasteiger partial charge in [-0.1, -0.05) is 0 Å². The Hall–Kier alpha value is -5.65. The summed E-state index contributed by atoms with van der Waals surface area (Å²) in [6.45, 7) is -5.29. The lowest BCUT2D eigenvalue weighted by Gasteiger charge is -2.45. The molecule has 3 rings (SSSR count). The van der Waals surface area contributed by atoms with Crippen molar-refractivity contribution in [1.29, 1.82) is 0 Å². The molecule has 0 aromatic heterocycles. The van der Waals surface area contributed by atoms with Crippen LogP contribution in [0.3, 0.4) is 0 Å². The van der Waals surface area contributed by atoms with E-state index in [1.165, 1.54) is 0 Å². The molecule has 1 saturated heterocycles. The van der Waals surface area contributed by atoms with Crippen molar-refractivity contribution in [2.24, 2.45) is 0 Å². The van der Waals surface area contributed by atoms with Crippen molar-refractivity contribution in [3.63, 3.8) is 0 Å². The van der Waals surface area contributed by atoms with Gasteiger partial charge >= 0.3 is 30.0 Å². The number of ether oxygens (including phenoxy) is 7. The highest BCUT2D eigenvalue weighted by Gasteiger charge is 2.53. The number of nitrogens with zero attached hydrogens (tertiary/aromatic N) is 2. The van der Waals surface area contributed by atoms with Crippen LogP contribution in [-0.4, -0.2) is 70.9 Å². The Labute approximate surface area is 265 Å². The third-order valence-electron chi connectivity index (χ3n) is 6.08. The van der Waals surface area contributed by atoms with E-state index >= 15 is 0 Å². The quantitative estimate of drug-likeness (QED) is 0.111. The van der Waals surface area contributed by atoms with Gasteiger partial charge in [-0.3, -0.25) is 39.4 Å². The molecule has 0 aliphatic carbocycles. The van der Waals surface area contributed by atoms with Gasteiger partial charge in [-0.15, -0.1) is 0 Å². The molecule has 46 heavy (non-hydrogen) atoms. The standard InChI is InChI=1S/C28H28N2O16/c1-14(31)40-13-23-25(42-15(2)32)27(44-17(4)34)26(43-16(3)33)24(46-23)22-10-7-20(30(38)39)11-18(22)12-41-28(35)45-21-8-5-19(6-9-21)29(36)37/h5-11,23-27H,12-13H2,1-4H3/t23-,24?,25+,26+,27+/m1/s1/i1D,2D,3D,4D. The summed E-state index contributed by atoms with van der Waals surface area (Å²) in [5, 5.41) is 22.5. The Morgan fingerprint density at radius 1 is 0.761 bits per heavy atom. The summed E-state index contributed by atoms with van der Waals surface area (Å²) in [5.41, 5.74) is -1.11. The number of nitro benzene ring substituents is 2. The maximum Gasteiger partial charge on any atom is 0.514 e. The number of benzene rings is 2. The summed E-state index contributed by atoms with van der Waals surface area (Å²) < 4.78 is 66.6. The largest absolute Gasteiger partial charge is 0.514 e. The molecule has 0 amide bonds. The van der Waals surface area contributed by atoms with E-state index in [-0.39, 0.29) is 22.6 Å². The number of hydrogen-bond acceptors (Lipinski definition) is 16. The highest BCUT2D eigenvalue weighted by atomic mass is 16.7. The lowest BCUT2D eigenvalue weighted by Crippen LogP contribution is -2.59. The lowest BCUT2D eigenvalue weighted by atomic mass is 9.88. The molecule has 2 aromatic rings. The fourth-order valence-electron chi connectivity index (χ4n) is 4.34. The first-order valence-electron chi connectivity index (χ1n) is 15.6. The predicted octanol–water partition coefficient (Wildman–Crippen LogP) is 3.02.